The molecule has 1 rings (SSSR count). The lowest BCUT2D eigenvalue weighted by molar-refractivity contribution is -0.128. The smallest absolute Gasteiger partial charge is 0.125 e. The highest BCUT2D eigenvalue weighted by Crippen LogP contribution is 2.41. The number of aliphatic hydroxyl groups excluding tert-OH is 1. The summed E-state index contributed by atoms with van der Waals surface area (Å²) in [5, 5.41) is 10.9. The molecule has 3 nitrogen and oxygen atoms in total. The van der Waals surface area contributed by atoms with Crippen LogP contribution in [0.5, 0.6) is 5.75 Å². The third-order valence-electron chi connectivity index (χ3n) is 4.11. The third kappa shape index (κ3) is 3.15. The topological polar surface area (TPSA) is 38.7 Å². The lowest BCUT2D eigenvalue weighted by atomic mass is 9.83. The summed E-state index contributed by atoms with van der Waals surface area (Å²) in [5.41, 5.74) is 2.46. The number of rotatable bonds is 7. The number of hydrogen-bond donors (Lipinski definition) is 1. The number of hydrogen-bond acceptors (Lipinski definition) is 3. The van der Waals surface area contributed by atoms with Crippen molar-refractivity contribution >= 4 is 0 Å². The number of methoxy groups -OCH3 is 1. The molecule has 1 unspecified atom stereocenters. The van der Waals surface area contributed by atoms with E-state index >= 15 is 0 Å². The molecule has 1 aromatic rings. The van der Waals surface area contributed by atoms with Gasteiger partial charge in [0.15, 0.2) is 0 Å². The molecule has 114 valence electrons. The molecule has 0 amide bonds. The van der Waals surface area contributed by atoms with Crippen molar-refractivity contribution in [2.45, 2.75) is 59.2 Å². The van der Waals surface area contributed by atoms with E-state index in [1.807, 2.05) is 26.8 Å². The molecule has 0 saturated carbocycles. The van der Waals surface area contributed by atoms with Crippen molar-refractivity contribution in [3.05, 3.63) is 28.8 Å². The Morgan fingerprint density at radius 1 is 1.15 bits per heavy atom. The van der Waals surface area contributed by atoms with Crippen LogP contribution in [0.3, 0.4) is 0 Å². The molecule has 0 spiro atoms. The van der Waals surface area contributed by atoms with Crippen LogP contribution in [0.1, 0.15) is 56.4 Å². The normalized spacial score (nSPS) is 13.3. The van der Waals surface area contributed by atoms with E-state index in [9.17, 15) is 5.11 Å². The van der Waals surface area contributed by atoms with Crippen LogP contribution in [0.15, 0.2) is 12.1 Å². The van der Waals surface area contributed by atoms with Gasteiger partial charge in [-0.25, -0.2) is 0 Å². The van der Waals surface area contributed by atoms with E-state index < -0.39 is 11.7 Å². The van der Waals surface area contributed by atoms with Crippen LogP contribution < -0.4 is 4.74 Å². The summed E-state index contributed by atoms with van der Waals surface area (Å²) in [6, 6.07) is 4.04. The molecule has 20 heavy (non-hydrogen) atoms. The Morgan fingerprint density at radius 2 is 1.75 bits per heavy atom. The standard InChI is InChI=1S/C17H28O3/c1-7-17(8-2,20-9-3)16(18)15-13(5)10-12(4)11-14(15)19-6/h10-11,16,18H,7-9H2,1-6H3. The molecule has 0 radical (unpaired) electrons. The van der Waals surface area contributed by atoms with Crippen LogP contribution in [-0.4, -0.2) is 24.4 Å². The molecule has 3 heteroatoms. The van der Waals surface area contributed by atoms with Crippen molar-refractivity contribution in [1.82, 2.24) is 0 Å². The van der Waals surface area contributed by atoms with Gasteiger partial charge >= 0.3 is 0 Å². The summed E-state index contributed by atoms with van der Waals surface area (Å²) in [6.07, 6.45) is 0.831. The zero-order valence-corrected chi connectivity index (χ0v) is 13.6. The molecule has 0 aliphatic rings. The maximum atomic E-state index is 10.9. The van der Waals surface area contributed by atoms with Crippen molar-refractivity contribution in [1.29, 1.82) is 0 Å². The second kappa shape index (κ2) is 7.09. The molecule has 0 bridgehead atoms. The van der Waals surface area contributed by atoms with Crippen LogP contribution in [-0.2, 0) is 4.74 Å². The summed E-state index contributed by atoms with van der Waals surface area (Å²) in [6.45, 7) is 10.7. The number of ether oxygens (including phenoxy) is 2. The van der Waals surface area contributed by atoms with Gasteiger partial charge in [-0.3, -0.25) is 0 Å². The predicted octanol–water partition coefficient (Wildman–Crippen LogP) is 3.94. The molecular weight excluding hydrogens is 252 g/mol. The molecule has 0 fully saturated rings. The first-order chi connectivity index (χ1) is 9.45. The summed E-state index contributed by atoms with van der Waals surface area (Å²) in [4.78, 5) is 0. The molecule has 0 aliphatic heterocycles. The summed E-state index contributed by atoms with van der Waals surface area (Å²) < 4.78 is 11.4. The molecule has 0 heterocycles. The van der Waals surface area contributed by atoms with E-state index in [4.69, 9.17) is 9.47 Å². The molecule has 1 N–H and O–H groups in total. The summed E-state index contributed by atoms with van der Waals surface area (Å²) >= 11 is 0. The van der Waals surface area contributed by atoms with Gasteiger partial charge in [0.05, 0.1) is 12.7 Å². The minimum atomic E-state index is -0.687. The van der Waals surface area contributed by atoms with Gasteiger partial charge in [0, 0.05) is 12.2 Å². The fourth-order valence-electron chi connectivity index (χ4n) is 2.93. The van der Waals surface area contributed by atoms with E-state index in [2.05, 4.69) is 19.9 Å². The Hall–Kier alpha value is -1.06. The fourth-order valence-corrected chi connectivity index (χ4v) is 2.93. The van der Waals surface area contributed by atoms with E-state index in [1.54, 1.807) is 7.11 Å². The van der Waals surface area contributed by atoms with E-state index in [0.29, 0.717) is 6.61 Å². The minimum Gasteiger partial charge on any atom is -0.496 e. The van der Waals surface area contributed by atoms with Gasteiger partial charge in [0.1, 0.15) is 11.9 Å². The molecule has 0 saturated heterocycles. The van der Waals surface area contributed by atoms with Crippen LogP contribution in [0.4, 0.5) is 0 Å². The minimum absolute atomic E-state index is 0.554. The highest BCUT2D eigenvalue weighted by Gasteiger charge is 2.38. The Morgan fingerprint density at radius 3 is 2.20 bits per heavy atom. The Labute approximate surface area is 122 Å². The monoisotopic (exact) mass is 280 g/mol. The highest BCUT2D eigenvalue weighted by atomic mass is 16.5. The predicted molar refractivity (Wildman–Crippen MR) is 82.4 cm³/mol. The average Bonchev–Trinajstić information content (AvgIpc) is 2.43. The molecule has 0 aromatic heterocycles. The lowest BCUT2D eigenvalue weighted by Gasteiger charge is -2.37. The number of aryl methyl sites for hydroxylation is 2. The van der Waals surface area contributed by atoms with Crippen LogP contribution in [0.25, 0.3) is 0 Å². The highest BCUT2D eigenvalue weighted by molar-refractivity contribution is 5.45. The van der Waals surface area contributed by atoms with E-state index in [0.717, 1.165) is 35.3 Å². The van der Waals surface area contributed by atoms with Gasteiger partial charge in [-0.15, -0.1) is 0 Å². The van der Waals surface area contributed by atoms with Gasteiger partial charge in [-0.1, -0.05) is 19.9 Å². The maximum absolute atomic E-state index is 10.9. The second-order valence-electron chi connectivity index (χ2n) is 5.31. The zero-order valence-electron chi connectivity index (χ0n) is 13.6. The second-order valence-corrected chi connectivity index (χ2v) is 5.31. The third-order valence-corrected chi connectivity index (χ3v) is 4.11. The first-order valence-corrected chi connectivity index (χ1v) is 7.42. The van der Waals surface area contributed by atoms with E-state index in [1.165, 1.54) is 0 Å². The van der Waals surface area contributed by atoms with Gasteiger partial charge < -0.3 is 14.6 Å². The van der Waals surface area contributed by atoms with Crippen LogP contribution in [0.2, 0.25) is 0 Å². The summed E-state index contributed by atoms with van der Waals surface area (Å²) in [7, 11) is 1.64. The van der Waals surface area contributed by atoms with Crippen LogP contribution >= 0.6 is 0 Å². The van der Waals surface area contributed by atoms with Crippen molar-refractivity contribution < 1.29 is 14.6 Å². The maximum Gasteiger partial charge on any atom is 0.125 e. The van der Waals surface area contributed by atoms with Crippen molar-refractivity contribution in [2.24, 2.45) is 0 Å². The van der Waals surface area contributed by atoms with Crippen LogP contribution in [0, 0.1) is 13.8 Å². The first-order valence-electron chi connectivity index (χ1n) is 7.42. The molecule has 1 atom stereocenters. The Kier molecular flexibility index (Phi) is 6.03. The summed E-state index contributed by atoms with van der Waals surface area (Å²) in [5.74, 6) is 0.737. The van der Waals surface area contributed by atoms with Crippen molar-refractivity contribution in [2.75, 3.05) is 13.7 Å². The average molecular weight is 280 g/mol. The first kappa shape index (κ1) is 17.0. The fraction of sp³-hybridized carbons (Fsp3) is 0.647. The Balaban J connectivity index is 3.34. The quantitative estimate of drug-likeness (QED) is 0.822. The van der Waals surface area contributed by atoms with Gasteiger partial charge in [-0.2, -0.15) is 0 Å². The molecule has 0 aliphatic carbocycles. The lowest BCUT2D eigenvalue weighted by Crippen LogP contribution is -2.39. The van der Waals surface area contributed by atoms with Gasteiger partial charge in [0.25, 0.3) is 0 Å². The number of benzene rings is 1. The Bertz CT molecular complexity index is 436. The number of aliphatic hydroxyl groups is 1. The van der Waals surface area contributed by atoms with Crippen molar-refractivity contribution in [3.8, 4) is 5.75 Å². The van der Waals surface area contributed by atoms with Crippen molar-refractivity contribution in [3.63, 3.8) is 0 Å². The van der Waals surface area contributed by atoms with E-state index in [-0.39, 0.29) is 0 Å². The zero-order chi connectivity index (χ0) is 15.3. The van der Waals surface area contributed by atoms with Gasteiger partial charge in [0.2, 0.25) is 0 Å². The molecule has 1 aromatic carbocycles. The largest absolute Gasteiger partial charge is 0.496 e. The van der Waals surface area contributed by atoms with Gasteiger partial charge in [-0.05, 0) is 50.8 Å². The SMILES string of the molecule is CCOC(CC)(CC)C(O)c1c(C)cc(C)cc1OC. The molecular formula is C17H28O3.